The Morgan fingerprint density at radius 2 is 1.35 bits per heavy atom. The van der Waals surface area contributed by atoms with E-state index in [1.165, 1.54) is 27.6 Å². The summed E-state index contributed by atoms with van der Waals surface area (Å²) in [5.41, 5.74) is 10.7. The first kappa shape index (κ1) is 31.4. The maximum absolute atomic E-state index is 6.73. The lowest BCUT2D eigenvalue weighted by Gasteiger charge is -2.34. The molecule has 0 saturated heterocycles. The van der Waals surface area contributed by atoms with Crippen molar-refractivity contribution in [2.75, 3.05) is 4.90 Å². The Bertz CT molecular complexity index is 2570. The molecule has 0 unspecified atom stereocenters. The number of hydrogen-bond acceptors (Lipinski definition) is 5. The third-order valence-corrected chi connectivity index (χ3v) is 9.89. The van der Waals surface area contributed by atoms with Crippen molar-refractivity contribution in [2.45, 2.75) is 26.7 Å². The normalized spacial score (nSPS) is 13.3. The van der Waals surface area contributed by atoms with Crippen molar-refractivity contribution in [2.24, 2.45) is 0 Å². The van der Waals surface area contributed by atoms with Gasteiger partial charge in [-0.15, -0.1) is 0 Å². The molecule has 5 nitrogen and oxygen atoms in total. The van der Waals surface area contributed by atoms with Gasteiger partial charge in [0.15, 0.2) is 29.0 Å². The van der Waals surface area contributed by atoms with E-state index < -0.39 is 0 Å². The van der Waals surface area contributed by atoms with Crippen molar-refractivity contribution in [3.05, 3.63) is 162 Å². The van der Waals surface area contributed by atoms with E-state index in [4.69, 9.17) is 19.7 Å². The molecule has 2 aliphatic rings. The van der Waals surface area contributed by atoms with Crippen molar-refractivity contribution >= 4 is 45.6 Å². The molecule has 0 spiro atoms. The van der Waals surface area contributed by atoms with Crippen LogP contribution in [-0.4, -0.2) is 15.0 Å². The van der Waals surface area contributed by atoms with E-state index in [0.717, 1.165) is 63.5 Å². The summed E-state index contributed by atoms with van der Waals surface area (Å²) >= 11 is 0. The van der Waals surface area contributed by atoms with Crippen molar-refractivity contribution in [3.63, 3.8) is 0 Å². The Morgan fingerprint density at radius 3 is 2.13 bits per heavy atom. The minimum Gasteiger partial charge on any atom is -0.452 e. The standard InChI is InChI=1S/C47H36N4O/c1-3-31(4-2)32-22-24-35(25-23-32)46-48-45(34-15-8-5-9-16-34)49-47(50-46)36-17-13-18-37(30-36)51-41-20-11-12-21-43(41)52-44-40-27-26-33-14-7-6-10-19-38(33)39(40)28-29-42(44)51/h3,5,7-30H,4,6H2,1-2H3/b31-3+. The molecule has 9 rings (SSSR count). The summed E-state index contributed by atoms with van der Waals surface area (Å²) in [7, 11) is 0. The number of aromatic nitrogens is 3. The van der Waals surface area contributed by atoms with Crippen LogP contribution in [0.5, 0.6) is 11.5 Å². The molecule has 6 aromatic carbocycles. The number of para-hydroxylation sites is 2. The topological polar surface area (TPSA) is 51.1 Å². The first-order valence-corrected chi connectivity index (χ1v) is 17.9. The average molecular weight is 673 g/mol. The van der Waals surface area contributed by atoms with Gasteiger partial charge in [-0.2, -0.15) is 0 Å². The van der Waals surface area contributed by atoms with E-state index in [-0.39, 0.29) is 0 Å². The third-order valence-electron chi connectivity index (χ3n) is 9.89. The van der Waals surface area contributed by atoms with E-state index >= 15 is 0 Å². The van der Waals surface area contributed by atoms with E-state index in [9.17, 15) is 0 Å². The fourth-order valence-electron chi connectivity index (χ4n) is 7.27. The van der Waals surface area contributed by atoms with Gasteiger partial charge in [0.25, 0.3) is 0 Å². The van der Waals surface area contributed by atoms with Crippen LogP contribution in [0.2, 0.25) is 0 Å². The van der Waals surface area contributed by atoms with Gasteiger partial charge in [0, 0.05) is 27.8 Å². The maximum Gasteiger partial charge on any atom is 0.164 e. The van der Waals surface area contributed by atoms with Crippen molar-refractivity contribution in [1.82, 2.24) is 15.0 Å². The van der Waals surface area contributed by atoms with Gasteiger partial charge in [0.1, 0.15) is 0 Å². The number of ether oxygens (including phenoxy) is 1. The summed E-state index contributed by atoms with van der Waals surface area (Å²) in [6, 6.07) is 44.1. The maximum atomic E-state index is 6.73. The van der Waals surface area contributed by atoms with Crippen LogP contribution in [0.15, 0.2) is 146 Å². The zero-order chi connectivity index (χ0) is 35.0. The fourth-order valence-corrected chi connectivity index (χ4v) is 7.27. The predicted octanol–water partition coefficient (Wildman–Crippen LogP) is 12.8. The second kappa shape index (κ2) is 13.3. The van der Waals surface area contributed by atoms with Crippen LogP contribution in [0, 0.1) is 0 Å². The molecule has 0 fully saturated rings. The fraction of sp³-hybridized carbons (Fsp3) is 0.0851. The zero-order valence-corrected chi connectivity index (χ0v) is 29.1. The molecule has 7 aromatic rings. The number of benzene rings is 6. The Balaban J connectivity index is 1.18. The lowest BCUT2D eigenvalue weighted by Crippen LogP contribution is -2.16. The molecular formula is C47H36N4O. The number of nitrogens with zero attached hydrogens (tertiary/aromatic N) is 4. The summed E-state index contributed by atoms with van der Waals surface area (Å²) in [4.78, 5) is 17.4. The molecule has 0 atom stereocenters. The highest BCUT2D eigenvalue weighted by Crippen LogP contribution is 2.53. The van der Waals surface area contributed by atoms with Gasteiger partial charge in [-0.3, -0.25) is 0 Å². The van der Waals surface area contributed by atoms with Crippen LogP contribution >= 0.6 is 0 Å². The summed E-state index contributed by atoms with van der Waals surface area (Å²) < 4.78 is 6.73. The van der Waals surface area contributed by atoms with Crippen LogP contribution in [0.25, 0.3) is 62.7 Å². The van der Waals surface area contributed by atoms with Gasteiger partial charge in [-0.25, -0.2) is 15.0 Å². The number of allylic oxidation sites excluding steroid dienone is 4. The second-order valence-corrected chi connectivity index (χ2v) is 13.0. The average Bonchev–Trinajstić information content (AvgIpc) is 3.47. The Kier molecular flexibility index (Phi) is 8.01. The zero-order valence-electron chi connectivity index (χ0n) is 29.1. The van der Waals surface area contributed by atoms with Gasteiger partial charge in [-0.05, 0) is 83.8 Å². The molecule has 0 N–H and O–H groups in total. The van der Waals surface area contributed by atoms with E-state index in [0.29, 0.717) is 17.5 Å². The third kappa shape index (κ3) is 5.57. The Hall–Kier alpha value is -6.59. The molecule has 2 heterocycles. The molecular weight excluding hydrogens is 637 g/mol. The molecule has 0 amide bonds. The van der Waals surface area contributed by atoms with Gasteiger partial charge in [-0.1, -0.05) is 128 Å². The van der Waals surface area contributed by atoms with E-state index in [1.807, 2.05) is 42.5 Å². The monoisotopic (exact) mass is 672 g/mol. The van der Waals surface area contributed by atoms with Crippen LogP contribution in [0.1, 0.15) is 43.4 Å². The summed E-state index contributed by atoms with van der Waals surface area (Å²) in [6.07, 6.45) is 12.9. The largest absolute Gasteiger partial charge is 0.452 e. The first-order chi connectivity index (χ1) is 25.7. The quantitative estimate of drug-likeness (QED) is 0.176. The van der Waals surface area contributed by atoms with Crippen LogP contribution in [0.3, 0.4) is 0 Å². The summed E-state index contributed by atoms with van der Waals surface area (Å²) in [5, 5.41) is 2.25. The number of anilines is 3. The van der Waals surface area contributed by atoms with Gasteiger partial charge in [0.2, 0.25) is 0 Å². The first-order valence-electron chi connectivity index (χ1n) is 17.9. The smallest absolute Gasteiger partial charge is 0.164 e. The SMILES string of the molecule is C/C=C(\CC)c1ccc(-c2nc(-c3ccccc3)nc(-c3cccc(N4c5ccccc5Oc5c4ccc4c6c(ccc54)C=CCC=C6)c3)n2)cc1. The molecule has 52 heavy (non-hydrogen) atoms. The number of hydrogen-bond donors (Lipinski definition) is 0. The highest BCUT2D eigenvalue weighted by atomic mass is 16.5. The van der Waals surface area contributed by atoms with Gasteiger partial charge < -0.3 is 9.64 Å². The lowest BCUT2D eigenvalue weighted by molar-refractivity contribution is 0.482. The number of fused-ring (bicyclic) bond motifs is 6. The molecule has 250 valence electrons. The predicted molar refractivity (Wildman–Crippen MR) is 215 cm³/mol. The van der Waals surface area contributed by atoms with Crippen molar-refractivity contribution < 1.29 is 4.74 Å². The molecule has 1 aliphatic heterocycles. The van der Waals surface area contributed by atoms with E-state index in [1.54, 1.807) is 0 Å². The Labute approximate surface area is 303 Å². The van der Waals surface area contributed by atoms with Crippen molar-refractivity contribution in [3.8, 4) is 45.7 Å². The van der Waals surface area contributed by atoms with Crippen LogP contribution < -0.4 is 9.64 Å². The molecule has 0 radical (unpaired) electrons. The van der Waals surface area contributed by atoms with Gasteiger partial charge >= 0.3 is 0 Å². The summed E-state index contributed by atoms with van der Waals surface area (Å²) in [6.45, 7) is 4.27. The van der Waals surface area contributed by atoms with E-state index in [2.05, 4.69) is 134 Å². The number of rotatable bonds is 6. The molecule has 1 aromatic heterocycles. The molecule has 5 heteroatoms. The second-order valence-electron chi connectivity index (χ2n) is 13.0. The van der Waals surface area contributed by atoms with Gasteiger partial charge in [0.05, 0.1) is 11.4 Å². The summed E-state index contributed by atoms with van der Waals surface area (Å²) in [5.74, 6) is 3.53. The van der Waals surface area contributed by atoms with Crippen molar-refractivity contribution in [1.29, 1.82) is 0 Å². The Morgan fingerprint density at radius 1 is 0.654 bits per heavy atom. The molecule has 1 aliphatic carbocycles. The minimum atomic E-state index is 0.611. The molecule has 0 saturated carbocycles. The molecule has 0 bridgehead atoms. The highest BCUT2D eigenvalue weighted by Gasteiger charge is 2.28. The van der Waals surface area contributed by atoms with Crippen LogP contribution in [0.4, 0.5) is 17.1 Å². The highest BCUT2D eigenvalue weighted by molar-refractivity contribution is 6.04. The minimum absolute atomic E-state index is 0.611. The lowest BCUT2D eigenvalue weighted by atomic mass is 9.96. The van der Waals surface area contributed by atoms with Crippen LogP contribution in [-0.2, 0) is 0 Å².